The lowest BCUT2D eigenvalue weighted by Crippen LogP contribution is -2.51. The van der Waals surface area contributed by atoms with Gasteiger partial charge in [0.1, 0.15) is 5.01 Å². The number of aromatic nitrogens is 1. The third-order valence-corrected chi connectivity index (χ3v) is 7.47. The molecule has 1 N–H and O–H groups in total. The molecule has 0 spiro atoms. The van der Waals surface area contributed by atoms with Crippen molar-refractivity contribution < 1.29 is 9.59 Å². The van der Waals surface area contributed by atoms with E-state index in [0.717, 1.165) is 34.0 Å². The second-order valence-electron chi connectivity index (χ2n) is 7.19. The van der Waals surface area contributed by atoms with Gasteiger partial charge in [-0.2, -0.15) is 0 Å². The van der Waals surface area contributed by atoms with E-state index in [1.54, 1.807) is 16.2 Å². The lowest BCUT2D eigenvalue weighted by Gasteiger charge is -2.36. The lowest BCUT2D eigenvalue weighted by molar-refractivity contribution is -0.132. The first-order chi connectivity index (χ1) is 15.1. The monoisotopic (exact) mass is 474 g/mol. The van der Waals surface area contributed by atoms with Crippen LogP contribution >= 0.6 is 34.7 Å². The number of piperazine rings is 1. The first-order valence-electron chi connectivity index (χ1n) is 10.1. The summed E-state index contributed by atoms with van der Waals surface area (Å²) in [6.07, 6.45) is 0. The maximum absolute atomic E-state index is 12.4. The van der Waals surface area contributed by atoms with Gasteiger partial charge < -0.3 is 15.1 Å². The summed E-state index contributed by atoms with van der Waals surface area (Å²) in [6.45, 7) is 2.85. The van der Waals surface area contributed by atoms with Crippen LogP contribution in [0.1, 0.15) is 5.01 Å². The maximum atomic E-state index is 12.4. The van der Waals surface area contributed by atoms with Gasteiger partial charge in [0.25, 0.3) is 0 Å². The topological polar surface area (TPSA) is 65.5 Å². The first-order valence-corrected chi connectivity index (χ1v) is 12.4. The minimum absolute atomic E-state index is 0.0414. The van der Waals surface area contributed by atoms with Crippen LogP contribution in [-0.2, 0) is 15.3 Å². The normalized spacial score (nSPS) is 14.1. The number of anilines is 1. The molecule has 1 fully saturated rings. The van der Waals surface area contributed by atoms with Crippen LogP contribution in [0.5, 0.6) is 0 Å². The van der Waals surface area contributed by atoms with Crippen LogP contribution in [0.15, 0.2) is 48.5 Å². The van der Waals surface area contributed by atoms with Crippen molar-refractivity contribution in [2.45, 2.75) is 5.75 Å². The van der Waals surface area contributed by atoms with Crippen LogP contribution in [0.2, 0.25) is 5.02 Å². The second-order valence-corrected chi connectivity index (χ2v) is 9.73. The van der Waals surface area contributed by atoms with Crippen molar-refractivity contribution in [3.63, 3.8) is 0 Å². The maximum Gasteiger partial charge on any atom is 0.242 e. The van der Waals surface area contributed by atoms with E-state index in [9.17, 15) is 9.59 Å². The zero-order valence-corrected chi connectivity index (χ0v) is 19.3. The summed E-state index contributed by atoms with van der Waals surface area (Å²) in [5, 5.41) is 4.47. The number of halogens is 1. The largest absolute Gasteiger partial charge is 0.368 e. The fourth-order valence-electron chi connectivity index (χ4n) is 3.42. The van der Waals surface area contributed by atoms with Gasteiger partial charge in [0.05, 0.1) is 22.5 Å². The molecule has 2 aromatic carbocycles. The molecule has 0 atom stereocenters. The Labute approximate surface area is 194 Å². The Hall–Kier alpha value is -2.29. The zero-order valence-electron chi connectivity index (χ0n) is 16.9. The number of carbonyl (C=O) groups excluding carboxylic acids is 2. The molecule has 2 heterocycles. The highest BCUT2D eigenvalue weighted by atomic mass is 35.5. The second kappa shape index (κ2) is 10.3. The summed E-state index contributed by atoms with van der Waals surface area (Å²) >= 11 is 9.11. The zero-order chi connectivity index (χ0) is 21.6. The third kappa shape index (κ3) is 5.90. The van der Waals surface area contributed by atoms with Gasteiger partial charge in [0.15, 0.2) is 0 Å². The smallest absolute Gasteiger partial charge is 0.242 e. The van der Waals surface area contributed by atoms with Crippen LogP contribution in [-0.4, -0.2) is 60.2 Å². The van der Waals surface area contributed by atoms with Gasteiger partial charge in [0.2, 0.25) is 11.8 Å². The van der Waals surface area contributed by atoms with Gasteiger partial charge >= 0.3 is 0 Å². The summed E-state index contributed by atoms with van der Waals surface area (Å²) in [7, 11) is 0. The highest BCUT2D eigenvalue weighted by molar-refractivity contribution is 7.99. The average molecular weight is 475 g/mol. The number of rotatable bonds is 7. The number of thioether (sulfide) groups is 1. The molecule has 4 rings (SSSR count). The quantitative estimate of drug-likeness (QED) is 0.566. The van der Waals surface area contributed by atoms with Gasteiger partial charge in [-0.3, -0.25) is 9.59 Å². The van der Waals surface area contributed by atoms with E-state index >= 15 is 0 Å². The summed E-state index contributed by atoms with van der Waals surface area (Å²) in [5.74, 6) is 0.834. The van der Waals surface area contributed by atoms with Gasteiger partial charge in [-0.25, -0.2) is 4.98 Å². The van der Waals surface area contributed by atoms with Crippen molar-refractivity contribution >= 4 is 62.4 Å². The van der Waals surface area contributed by atoms with Crippen molar-refractivity contribution in [3.8, 4) is 0 Å². The van der Waals surface area contributed by atoms with Crippen LogP contribution in [0.25, 0.3) is 10.2 Å². The molecule has 31 heavy (non-hydrogen) atoms. The number of para-hydroxylation sites is 1. The molecule has 1 aromatic heterocycles. The SMILES string of the molecule is O=C(CSCc1nc2ccccc2s1)NCC(=O)N1CCN(c2ccc(Cl)cc2)CC1. The number of carbonyl (C=O) groups is 2. The predicted molar refractivity (Wildman–Crippen MR) is 129 cm³/mol. The number of nitrogens with one attached hydrogen (secondary N) is 1. The first kappa shape index (κ1) is 21.9. The Bertz CT molecular complexity index is 1020. The fourth-order valence-corrected chi connectivity index (χ4v) is 5.42. The number of hydrogen-bond donors (Lipinski definition) is 1. The molecular weight excluding hydrogens is 452 g/mol. The standard InChI is InChI=1S/C22H23ClN4O2S2/c23-16-5-7-17(8-6-16)26-9-11-27(12-10-26)22(29)13-24-20(28)14-30-15-21-25-18-3-1-2-4-19(18)31-21/h1-8H,9-15H2,(H,24,28). The Morgan fingerprint density at radius 3 is 2.55 bits per heavy atom. The molecule has 9 heteroatoms. The van der Waals surface area contributed by atoms with Gasteiger partial charge in [0, 0.05) is 42.6 Å². The van der Waals surface area contributed by atoms with Gasteiger partial charge in [-0.05, 0) is 36.4 Å². The van der Waals surface area contributed by atoms with Crippen LogP contribution < -0.4 is 10.2 Å². The van der Waals surface area contributed by atoms with E-state index in [2.05, 4.69) is 21.3 Å². The molecule has 2 amide bonds. The Morgan fingerprint density at radius 2 is 1.81 bits per heavy atom. The number of fused-ring (bicyclic) bond motifs is 1. The van der Waals surface area contributed by atoms with E-state index in [4.69, 9.17) is 11.6 Å². The number of nitrogens with zero attached hydrogens (tertiary/aromatic N) is 3. The Morgan fingerprint density at radius 1 is 1.06 bits per heavy atom. The molecular formula is C22H23ClN4O2S2. The van der Waals surface area contributed by atoms with Crippen molar-refractivity contribution in [1.29, 1.82) is 0 Å². The van der Waals surface area contributed by atoms with Crippen molar-refractivity contribution in [2.75, 3.05) is 43.4 Å². The Balaban J connectivity index is 1.15. The summed E-state index contributed by atoms with van der Waals surface area (Å²) < 4.78 is 1.16. The molecule has 1 aliphatic rings. The fraction of sp³-hybridized carbons (Fsp3) is 0.318. The molecule has 6 nitrogen and oxygen atoms in total. The van der Waals surface area contributed by atoms with E-state index < -0.39 is 0 Å². The van der Waals surface area contributed by atoms with Crippen LogP contribution in [0, 0.1) is 0 Å². The highest BCUT2D eigenvalue weighted by Gasteiger charge is 2.21. The predicted octanol–water partition coefficient (Wildman–Crippen LogP) is 3.65. The molecule has 1 saturated heterocycles. The summed E-state index contributed by atoms with van der Waals surface area (Å²) in [6, 6.07) is 15.7. The molecule has 0 radical (unpaired) electrons. The highest BCUT2D eigenvalue weighted by Crippen LogP contribution is 2.24. The number of thiazole rings is 1. The number of amides is 2. The minimum atomic E-state index is -0.126. The molecule has 162 valence electrons. The molecule has 0 saturated carbocycles. The van der Waals surface area contributed by atoms with Crippen LogP contribution in [0.4, 0.5) is 5.69 Å². The molecule has 3 aromatic rings. The third-order valence-electron chi connectivity index (χ3n) is 5.06. The Kier molecular flexibility index (Phi) is 7.32. The number of hydrogen-bond acceptors (Lipinski definition) is 6. The van der Waals surface area contributed by atoms with Gasteiger partial charge in [-0.1, -0.05) is 23.7 Å². The lowest BCUT2D eigenvalue weighted by atomic mass is 10.2. The van der Waals surface area contributed by atoms with Crippen molar-refractivity contribution in [2.24, 2.45) is 0 Å². The molecule has 0 aliphatic carbocycles. The molecule has 0 unspecified atom stereocenters. The average Bonchev–Trinajstić information content (AvgIpc) is 3.21. The van der Waals surface area contributed by atoms with Crippen LogP contribution in [0.3, 0.4) is 0 Å². The van der Waals surface area contributed by atoms with Crippen molar-refractivity contribution in [1.82, 2.24) is 15.2 Å². The summed E-state index contributed by atoms with van der Waals surface area (Å²) in [5.41, 5.74) is 2.10. The molecule has 0 bridgehead atoms. The van der Waals surface area contributed by atoms with Gasteiger partial charge in [-0.15, -0.1) is 23.1 Å². The summed E-state index contributed by atoms with van der Waals surface area (Å²) in [4.78, 5) is 33.2. The van der Waals surface area contributed by atoms with E-state index in [0.29, 0.717) is 29.6 Å². The van der Waals surface area contributed by atoms with E-state index in [1.807, 2.05) is 42.5 Å². The molecule has 1 aliphatic heterocycles. The van der Waals surface area contributed by atoms with E-state index in [1.165, 1.54) is 11.8 Å². The minimum Gasteiger partial charge on any atom is -0.368 e. The van der Waals surface area contributed by atoms with Crippen molar-refractivity contribution in [3.05, 3.63) is 58.6 Å². The number of benzene rings is 2. The van der Waals surface area contributed by atoms with E-state index in [-0.39, 0.29) is 18.4 Å².